The molecule has 2 aromatic heterocycles. The van der Waals surface area contributed by atoms with Crippen LogP contribution in [-0.4, -0.2) is 19.7 Å². The van der Waals surface area contributed by atoms with Gasteiger partial charge in [-0.3, -0.25) is 9.36 Å². The molecule has 7 heteroatoms. The summed E-state index contributed by atoms with van der Waals surface area (Å²) in [4.78, 5) is 15.9. The van der Waals surface area contributed by atoms with Crippen LogP contribution in [0.1, 0.15) is 24.5 Å². The van der Waals surface area contributed by atoms with Crippen molar-refractivity contribution in [2.45, 2.75) is 26.8 Å². The Balaban J connectivity index is 2.36. The Hall–Kier alpha value is -1.50. The lowest BCUT2D eigenvalue weighted by atomic mass is 10.5. The van der Waals surface area contributed by atoms with Gasteiger partial charge in [0.1, 0.15) is 16.8 Å². The number of nitrogens with zero attached hydrogens (tertiary/aromatic N) is 4. The topological polar surface area (TPSA) is 73.8 Å². The minimum Gasteiger partial charge on any atom is -0.423 e. The van der Waals surface area contributed by atoms with Gasteiger partial charge in [-0.05, 0) is 22.9 Å². The molecular formula is C10H11BrN4O2. The van der Waals surface area contributed by atoms with Crippen molar-refractivity contribution < 1.29 is 4.42 Å². The van der Waals surface area contributed by atoms with Gasteiger partial charge in [-0.15, -0.1) is 10.2 Å². The van der Waals surface area contributed by atoms with Crippen LogP contribution in [0.2, 0.25) is 0 Å². The first-order valence-corrected chi connectivity index (χ1v) is 5.94. The van der Waals surface area contributed by atoms with E-state index in [0.29, 0.717) is 28.5 Å². The molecule has 0 radical (unpaired) electrons. The second kappa shape index (κ2) is 4.79. The molecule has 0 bridgehead atoms. The van der Waals surface area contributed by atoms with Crippen LogP contribution in [0.25, 0.3) is 0 Å². The molecule has 0 spiro atoms. The average molecular weight is 299 g/mol. The molecule has 2 rings (SSSR count). The van der Waals surface area contributed by atoms with E-state index in [1.165, 1.54) is 10.8 Å². The molecule has 0 aliphatic rings. The second-order valence-corrected chi connectivity index (χ2v) is 4.34. The molecule has 0 atom stereocenters. The maximum absolute atomic E-state index is 11.9. The number of rotatable bonds is 3. The van der Waals surface area contributed by atoms with Crippen LogP contribution in [0.15, 0.2) is 19.9 Å². The van der Waals surface area contributed by atoms with Crippen molar-refractivity contribution in [3.05, 3.63) is 38.6 Å². The quantitative estimate of drug-likeness (QED) is 0.854. The van der Waals surface area contributed by atoms with Crippen LogP contribution in [0.3, 0.4) is 0 Å². The lowest BCUT2D eigenvalue weighted by Crippen LogP contribution is -2.24. The third-order valence-electron chi connectivity index (χ3n) is 2.31. The zero-order valence-corrected chi connectivity index (χ0v) is 11.1. The van der Waals surface area contributed by atoms with Gasteiger partial charge in [0.25, 0.3) is 5.56 Å². The first kappa shape index (κ1) is 12.0. The maximum Gasteiger partial charge on any atom is 0.268 e. The fourth-order valence-electron chi connectivity index (χ4n) is 1.37. The van der Waals surface area contributed by atoms with Crippen LogP contribution in [-0.2, 0) is 13.0 Å². The van der Waals surface area contributed by atoms with Crippen LogP contribution >= 0.6 is 15.9 Å². The van der Waals surface area contributed by atoms with Crippen LogP contribution in [0, 0.1) is 6.92 Å². The van der Waals surface area contributed by atoms with Crippen LogP contribution in [0.5, 0.6) is 0 Å². The second-order valence-electron chi connectivity index (χ2n) is 3.49. The third kappa shape index (κ3) is 2.44. The van der Waals surface area contributed by atoms with E-state index < -0.39 is 0 Å². The van der Waals surface area contributed by atoms with Crippen LogP contribution in [0.4, 0.5) is 0 Å². The van der Waals surface area contributed by atoms with Crippen molar-refractivity contribution in [2.24, 2.45) is 0 Å². The average Bonchev–Trinajstić information content (AvgIpc) is 2.77. The molecule has 2 heterocycles. The summed E-state index contributed by atoms with van der Waals surface area (Å²) in [6, 6.07) is 0. The van der Waals surface area contributed by atoms with E-state index in [0.717, 1.165) is 0 Å². The minimum atomic E-state index is -0.159. The molecule has 17 heavy (non-hydrogen) atoms. The summed E-state index contributed by atoms with van der Waals surface area (Å²) in [7, 11) is 0. The summed E-state index contributed by atoms with van der Waals surface area (Å²) in [5.74, 6) is 1.58. The van der Waals surface area contributed by atoms with Gasteiger partial charge in [0.05, 0.1) is 0 Å². The molecule has 0 saturated carbocycles. The Morgan fingerprint density at radius 2 is 2.12 bits per heavy atom. The van der Waals surface area contributed by atoms with Crippen molar-refractivity contribution in [3.8, 4) is 0 Å². The van der Waals surface area contributed by atoms with Gasteiger partial charge >= 0.3 is 0 Å². The highest BCUT2D eigenvalue weighted by atomic mass is 79.9. The van der Waals surface area contributed by atoms with Gasteiger partial charge in [0.15, 0.2) is 0 Å². The molecule has 0 amide bonds. The fraction of sp³-hybridized carbons (Fsp3) is 0.400. The van der Waals surface area contributed by atoms with Gasteiger partial charge in [-0.1, -0.05) is 6.92 Å². The van der Waals surface area contributed by atoms with Gasteiger partial charge < -0.3 is 4.42 Å². The summed E-state index contributed by atoms with van der Waals surface area (Å²) in [5.41, 5.74) is -0.159. The molecular weight excluding hydrogens is 288 g/mol. The van der Waals surface area contributed by atoms with Crippen LogP contribution < -0.4 is 5.56 Å². The van der Waals surface area contributed by atoms with E-state index in [-0.39, 0.29) is 12.1 Å². The third-order valence-corrected chi connectivity index (χ3v) is 2.85. The lowest BCUT2D eigenvalue weighted by Gasteiger charge is -2.05. The Bertz CT molecular complexity index is 590. The predicted molar refractivity (Wildman–Crippen MR) is 63.7 cm³/mol. The predicted octanol–water partition coefficient (Wildman–Crippen LogP) is 1.31. The summed E-state index contributed by atoms with van der Waals surface area (Å²) in [6.07, 6.45) is 2.16. The van der Waals surface area contributed by atoms with Crippen molar-refractivity contribution >= 4 is 15.9 Å². The molecule has 0 aliphatic carbocycles. The number of halogens is 1. The molecule has 6 nitrogen and oxygen atoms in total. The summed E-state index contributed by atoms with van der Waals surface area (Å²) in [5, 5.41) is 7.72. The largest absolute Gasteiger partial charge is 0.423 e. The van der Waals surface area contributed by atoms with E-state index in [1.54, 1.807) is 6.92 Å². The Labute approximate surface area is 106 Å². The fourth-order valence-corrected chi connectivity index (χ4v) is 1.68. The van der Waals surface area contributed by atoms with Crippen molar-refractivity contribution in [1.29, 1.82) is 0 Å². The number of hydrogen-bond donors (Lipinski definition) is 0. The molecule has 0 aliphatic heterocycles. The number of aryl methyl sites for hydroxylation is 2. The SMILES string of the molecule is CCc1nnc(Cn2c(C)ncc(Br)c2=O)o1. The minimum absolute atomic E-state index is 0.159. The summed E-state index contributed by atoms with van der Waals surface area (Å²) in [6.45, 7) is 3.92. The van der Waals surface area contributed by atoms with Gasteiger partial charge in [-0.25, -0.2) is 4.98 Å². The highest BCUT2D eigenvalue weighted by Crippen LogP contribution is 2.05. The van der Waals surface area contributed by atoms with Crippen molar-refractivity contribution in [1.82, 2.24) is 19.7 Å². The molecule has 0 fully saturated rings. The molecule has 0 unspecified atom stereocenters. The van der Waals surface area contributed by atoms with Gasteiger partial charge in [-0.2, -0.15) is 0 Å². The number of hydrogen-bond acceptors (Lipinski definition) is 5. The molecule has 0 saturated heterocycles. The lowest BCUT2D eigenvalue weighted by molar-refractivity contribution is 0.436. The Morgan fingerprint density at radius 3 is 2.76 bits per heavy atom. The monoisotopic (exact) mass is 298 g/mol. The number of aromatic nitrogens is 4. The zero-order valence-electron chi connectivity index (χ0n) is 9.47. The summed E-state index contributed by atoms with van der Waals surface area (Å²) >= 11 is 3.15. The van der Waals surface area contributed by atoms with Crippen molar-refractivity contribution in [3.63, 3.8) is 0 Å². The Morgan fingerprint density at radius 1 is 1.41 bits per heavy atom. The van der Waals surface area contributed by atoms with E-state index >= 15 is 0 Å². The van der Waals surface area contributed by atoms with Gasteiger partial charge in [0, 0.05) is 12.6 Å². The first-order valence-electron chi connectivity index (χ1n) is 5.15. The molecule has 0 N–H and O–H groups in total. The van der Waals surface area contributed by atoms with E-state index in [2.05, 4.69) is 31.1 Å². The van der Waals surface area contributed by atoms with Gasteiger partial charge in [0.2, 0.25) is 11.8 Å². The standard InChI is InChI=1S/C10H11BrN4O2/c1-3-8-13-14-9(17-8)5-15-6(2)12-4-7(11)10(15)16/h4H,3,5H2,1-2H3. The molecule has 2 aromatic rings. The van der Waals surface area contributed by atoms with E-state index in [1.807, 2.05) is 6.92 Å². The van der Waals surface area contributed by atoms with Crippen molar-refractivity contribution in [2.75, 3.05) is 0 Å². The van der Waals surface area contributed by atoms with E-state index in [4.69, 9.17) is 4.42 Å². The normalized spacial score (nSPS) is 10.8. The molecule has 0 aromatic carbocycles. The zero-order chi connectivity index (χ0) is 12.4. The summed E-state index contributed by atoms with van der Waals surface area (Å²) < 4.78 is 7.26. The first-order chi connectivity index (χ1) is 8.11. The molecule has 90 valence electrons. The maximum atomic E-state index is 11.9. The highest BCUT2D eigenvalue weighted by Gasteiger charge is 2.10. The Kier molecular flexibility index (Phi) is 3.37. The smallest absolute Gasteiger partial charge is 0.268 e. The van der Waals surface area contributed by atoms with E-state index in [9.17, 15) is 4.79 Å². The highest BCUT2D eigenvalue weighted by molar-refractivity contribution is 9.10.